The molecule has 0 saturated heterocycles. The monoisotopic (exact) mass is 420 g/mol. The predicted octanol–water partition coefficient (Wildman–Crippen LogP) is 4.40. The first kappa shape index (κ1) is 19.6. The van der Waals surface area contributed by atoms with Crippen LogP contribution in [-0.2, 0) is 6.54 Å². The highest BCUT2D eigenvalue weighted by atomic mass is 19.2. The molecule has 2 N–H and O–H groups in total. The minimum absolute atomic E-state index is 0.0348. The average molecular weight is 420 g/mol. The number of hydrogen-bond acceptors (Lipinski definition) is 5. The zero-order valence-corrected chi connectivity index (χ0v) is 15.0. The van der Waals surface area contributed by atoms with Gasteiger partial charge in [-0.05, 0) is 19.1 Å². The van der Waals surface area contributed by atoms with Crippen molar-refractivity contribution in [1.82, 2.24) is 19.7 Å². The van der Waals surface area contributed by atoms with Gasteiger partial charge in [0.25, 0.3) is 0 Å². The van der Waals surface area contributed by atoms with Crippen LogP contribution < -0.4 is 10.5 Å². The van der Waals surface area contributed by atoms with Crippen molar-refractivity contribution in [3.8, 4) is 22.8 Å². The number of benzene rings is 2. The van der Waals surface area contributed by atoms with Gasteiger partial charge >= 0.3 is 0 Å². The molecule has 0 aliphatic heterocycles. The van der Waals surface area contributed by atoms with Crippen molar-refractivity contribution in [1.29, 1.82) is 0 Å². The Labute approximate surface area is 165 Å². The summed E-state index contributed by atoms with van der Waals surface area (Å²) in [6, 6.07) is 3.18. The van der Waals surface area contributed by atoms with Crippen molar-refractivity contribution in [2.24, 2.45) is 0 Å². The Morgan fingerprint density at radius 2 is 1.67 bits per heavy atom. The first-order valence-electron chi connectivity index (χ1n) is 8.38. The molecular weight excluding hydrogens is 409 g/mol. The van der Waals surface area contributed by atoms with Gasteiger partial charge in [-0.2, -0.15) is 13.9 Å². The van der Waals surface area contributed by atoms with Crippen LogP contribution >= 0.6 is 0 Å². The molecule has 11 heteroatoms. The molecule has 0 amide bonds. The molecular formula is C19H11F5N5O. The highest BCUT2D eigenvalue weighted by molar-refractivity contribution is 5.98. The summed E-state index contributed by atoms with van der Waals surface area (Å²) >= 11 is 0. The van der Waals surface area contributed by atoms with Crippen LogP contribution in [0.4, 0.5) is 27.8 Å². The van der Waals surface area contributed by atoms with E-state index in [4.69, 9.17) is 10.5 Å². The highest BCUT2D eigenvalue weighted by Gasteiger charge is 2.23. The molecule has 0 fully saturated rings. The van der Waals surface area contributed by atoms with E-state index in [9.17, 15) is 22.0 Å². The fraction of sp³-hybridized carbons (Fsp3) is 0.0526. The summed E-state index contributed by atoms with van der Waals surface area (Å²) in [5.74, 6) is -9.36. The van der Waals surface area contributed by atoms with Crippen LogP contribution in [0.1, 0.15) is 0 Å². The minimum Gasteiger partial charge on any atom is -0.451 e. The molecule has 2 heterocycles. The largest absolute Gasteiger partial charge is 0.451 e. The maximum Gasteiger partial charge on any atom is 0.204 e. The van der Waals surface area contributed by atoms with Crippen LogP contribution in [0.3, 0.4) is 0 Å². The molecule has 4 aromatic rings. The third-order valence-corrected chi connectivity index (χ3v) is 4.26. The Kier molecular flexibility index (Phi) is 4.72. The van der Waals surface area contributed by atoms with E-state index >= 15 is 0 Å². The lowest BCUT2D eigenvalue weighted by atomic mass is 10.1. The molecule has 2 aromatic carbocycles. The van der Waals surface area contributed by atoms with Gasteiger partial charge in [-0.25, -0.2) is 27.8 Å². The van der Waals surface area contributed by atoms with Crippen molar-refractivity contribution >= 4 is 16.9 Å². The first-order valence-corrected chi connectivity index (χ1v) is 8.38. The van der Waals surface area contributed by atoms with E-state index in [1.165, 1.54) is 17.1 Å². The maximum absolute atomic E-state index is 14.8. The second-order valence-corrected chi connectivity index (χ2v) is 6.07. The van der Waals surface area contributed by atoms with Crippen LogP contribution in [0.2, 0.25) is 0 Å². The zero-order chi connectivity index (χ0) is 21.6. The van der Waals surface area contributed by atoms with Gasteiger partial charge in [0, 0.05) is 24.2 Å². The molecule has 0 bridgehead atoms. The highest BCUT2D eigenvalue weighted by Crippen LogP contribution is 2.35. The number of aromatic nitrogens is 4. The Hall–Kier alpha value is -3.76. The van der Waals surface area contributed by atoms with E-state index in [1.54, 1.807) is 0 Å². The van der Waals surface area contributed by atoms with Crippen molar-refractivity contribution < 1.29 is 26.7 Å². The SMILES string of the molecule is [CH2]Cn1nc(-c2ccc(Oc3c(F)c(F)cc(F)c3F)cc2F)c2c(N)ncnc21. The second kappa shape index (κ2) is 7.25. The third-order valence-electron chi connectivity index (χ3n) is 4.26. The molecule has 0 spiro atoms. The van der Waals surface area contributed by atoms with Crippen LogP contribution in [0.5, 0.6) is 11.5 Å². The van der Waals surface area contributed by atoms with Crippen molar-refractivity contribution in [2.45, 2.75) is 6.54 Å². The fourth-order valence-corrected chi connectivity index (χ4v) is 2.88. The standard InChI is InChI=1S/C19H11F5N5O/c1-2-29-19-13(18(25)26-7-27-19)16(28-29)9-4-3-8(5-10(9)20)30-17-14(23)11(21)6-12(22)15(17)24/h3-7H,1-2H2,(H2,25,26,27). The van der Waals surface area contributed by atoms with Gasteiger partial charge in [0.15, 0.2) is 17.3 Å². The first-order chi connectivity index (χ1) is 14.3. The number of rotatable bonds is 4. The molecule has 0 unspecified atom stereocenters. The van der Waals surface area contributed by atoms with Crippen LogP contribution in [0, 0.1) is 36.0 Å². The van der Waals surface area contributed by atoms with Crippen molar-refractivity contribution in [3.63, 3.8) is 0 Å². The van der Waals surface area contributed by atoms with E-state index < -0.39 is 40.6 Å². The number of nitrogens with two attached hydrogens (primary N) is 1. The number of hydrogen-bond donors (Lipinski definition) is 1. The van der Waals surface area contributed by atoms with Crippen molar-refractivity contribution in [3.05, 3.63) is 66.6 Å². The van der Waals surface area contributed by atoms with Gasteiger partial charge in [0.05, 0.1) is 5.39 Å². The summed E-state index contributed by atoms with van der Waals surface area (Å²) in [6.45, 7) is 3.89. The fourth-order valence-electron chi connectivity index (χ4n) is 2.88. The van der Waals surface area contributed by atoms with E-state index in [0.29, 0.717) is 5.65 Å². The lowest BCUT2D eigenvalue weighted by molar-refractivity contribution is 0.365. The molecule has 0 saturated carbocycles. The number of ether oxygens (including phenoxy) is 1. The Morgan fingerprint density at radius 1 is 0.967 bits per heavy atom. The second-order valence-electron chi connectivity index (χ2n) is 6.07. The van der Waals surface area contributed by atoms with E-state index in [1.807, 2.05) is 0 Å². The van der Waals surface area contributed by atoms with Crippen LogP contribution in [0.25, 0.3) is 22.3 Å². The molecule has 1 radical (unpaired) electrons. The van der Waals surface area contributed by atoms with Gasteiger partial charge in [-0.1, -0.05) is 0 Å². The molecule has 30 heavy (non-hydrogen) atoms. The molecule has 2 aromatic heterocycles. The van der Waals surface area contributed by atoms with Gasteiger partial charge in [-0.15, -0.1) is 0 Å². The van der Waals surface area contributed by atoms with Gasteiger partial charge in [0.2, 0.25) is 17.4 Å². The van der Waals surface area contributed by atoms with E-state index in [2.05, 4.69) is 22.0 Å². The molecule has 0 atom stereocenters. The third kappa shape index (κ3) is 3.08. The normalized spacial score (nSPS) is 11.3. The Balaban J connectivity index is 1.79. The summed E-state index contributed by atoms with van der Waals surface area (Å²) in [6.07, 6.45) is 1.23. The lowest BCUT2D eigenvalue weighted by Crippen LogP contribution is -2.00. The van der Waals surface area contributed by atoms with Gasteiger partial charge < -0.3 is 10.5 Å². The topological polar surface area (TPSA) is 78.9 Å². The number of fused-ring (bicyclic) bond motifs is 1. The summed E-state index contributed by atoms with van der Waals surface area (Å²) < 4.78 is 75.3. The quantitative estimate of drug-likeness (QED) is 0.391. The van der Waals surface area contributed by atoms with Gasteiger partial charge in [-0.3, -0.25) is 0 Å². The summed E-state index contributed by atoms with van der Waals surface area (Å²) in [7, 11) is 0. The molecule has 0 aliphatic carbocycles. The predicted molar refractivity (Wildman–Crippen MR) is 96.8 cm³/mol. The molecule has 6 nitrogen and oxygen atoms in total. The van der Waals surface area contributed by atoms with Crippen LogP contribution in [-0.4, -0.2) is 19.7 Å². The van der Waals surface area contributed by atoms with E-state index in [0.717, 1.165) is 12.1 Å². The summed E-state index contributed by atoms with van der Waals surface area (Å²) in [5.41, 5.74) is 6.30. The lowest BCUT2D eigenvalue weighted by Gasteiger charge is -2.10. The van der Waals surface area contributed by atoms with E-state index in [-0.39, 0.29) is 35.1 Å². The maximum atomic E-state index is 14.8. The number of anilines is 1. The molecule has 4 rings (SSSR count). The summed E-state index contributed by atoms with van der Waals surface area (Å²) in [4.78, 5) is 7.94. The minimum atomic E-state index is -1.75. The van der Waals surface area contributed by atoms with Crippen molar-refractivity contribution in [2.75, 3.05) is 5.73 Å². The number of nitrogens with zero attached hydrogens (tertiary/aromatic N) is 4. The molecule has 0 aliphatic rings. The Bertz CT molecular complexity index is 1260. The van der Waals surface area contributed by atoms with Crippen LogP contribution in [0.15, 0.2) is 30.6 Å². The number of nitrogen functional groups attached to an aromatic ring is 1. The smallest absolute Gasteiger partial charge is 0.204 e. The number of halogens is 5. The summed E-state index contributed by atoms with van der Waals surface area (Å²) in [5, 5.41) is 4.53. The Morgan fingerprint density at radius 3 is 2.30 bits per heavy atom. The van der Waals surface area contributed by atoms with Gasteiger partial charge in [0.1, 0.15) is 29.4 Å². The average Bonchev–Trinajstić information content (AvgIpc) is 3.10. The molecule has 153 valence electrons. The zero-order valence-electron chi connectivity index (χ0n) is 15.0.